The number of hydrogen-bond acceptors (Lipinski definition) is 3. The largest absolute Gasteiger partial charge is 0.368 e. The minimum Gasteiger partial charge on any atom is -0.368 e. The van der Waals surface area contributed by atoms with Crippen LogP contribution in [0.4, 0.5) is 0 Å². The Bertz CT molecular complexity index is 928. The van der Waals surface area contributed by atoms with Gasteiger partial charge >= 0.3 is 0 Å². The van der Waals surface area contributed by atoms with Crippen LogP contribution in [0.5, 0.6) is 0 Å². The van der Waals surface area contributed by atoms with Crippen molar-refractivity contribution >= 4 is 18.2 Å². The molecule has 4 rings (SSSR count). The number of pyridine rings is 1. The molecule has 1 fully saturated rings. The van der Waals surface area contributed by atoms with E-state index in [-0.39, 0.29) is 18.0 Å². The van der Waals surface area contributed by atoms with Crippen LogP contribution in [0.25, 0.3) is 23.4 Å². The average Bonchev–Trinajstić information content (AvgIpc) is 3.39. The lowest BCUT2D eigenvalue weighted by molar-refractivity contribution is -0.122. The van der Waals surface area contributed by atoms with Crippen molar-refractivity contribution < 1.29 is 4.79 Å². The molecule has 2 N–H and O–H groups in total. The summed E-state index contributed by atoms with van der Waals surface area (Å²) in [4.78, 5) is 16.3. The molecule has 2 aromatic rings. The number of carbonyl (C=O) groups excluding carboxylic acids is 1. The van der Waals surface area contributed by atoms with Gasteiger partial charge in [0, 0.05) is 29.6 Å². The Balaban J connectivity index is 1.63. The van der Waals surface area contributed by atoms with E-state index in [0.29, 0.717) is 0 Å². The molecule has 4 nitrogen and oxygen atoms in total. The molecule has 2 aliphatic rings. The summed E-state index contributed by atoms with van der Waals surface area (Å²) in [5.74, 6) is 0.375. The van der Waals surface area contributed by atoms with Crippen molar-refractivity contribution in [3.8, 4) is 11.1 Å². The van der Waals surface area contributed by atoms with Gasteiger partial charge in [-0.2, -0.15) is 0 Å². The highest BCUT2D eigenvalue weighted by Gasteiger charge is 2.30. The molecule has 1 unspecified atom stereocenters. The Hall–Kier alpha value is -2.62. The maximum atomic E-state index is 11.9. The van der Waals surface area contributed by atoms with E-state index in [1.54, 1.807) is 0 Å². The van der Waals surface area contributed by atoms with Gasteiger partial charge in [0.1, 0.15) is 6.17 Å². The average molecular weight is 319 g/mol. The molecule has 1 atom stereocenters. The SMILES string of the molecule is Cc1cc(C)c(-c2ccc3c(c2)=CNC(NC(=O)C2CC2)C=3)cn1. The second-order valence-electron chi connectivity index (χ2n) is 6.72. The van der Waals surface area contributed by atoms with E-state index in [1.807, 2.05) is 19.3 Å². The number of benzene rings is 1. The van der Waals surface area contributed by atoms with E-state index in [2.05, 4.69) is 52.9 Å². The third kappa shape index (κ3) is 2.92. The van der Waals surface area contributed by atoms with Crippen LogP contribution >= 0.6 is 0 Å². The zero-order valence-corrected chi connectivity index (χ0v) is 14.0. The van der Waals surface area contributed by atoms with Crippen LogP contribution in [0, 0.1) is 19.8 Å². The van der Waals surface area contributed by atoms with E-state index >= 15 is 0 Å². The van der Waals surface area contributed by atoms with Crippen molar-refractivity contribution in [1.29, 1.82) is 0 Å². The minimum atomic E-state index is -0.126. The lowest BCUT2D eigenvalue weighted by atomic mass is 10.0. The molecule has 0 spiro atoms. The molecule has 0 bridgehead atoms. The summed E-state index contributed by atoms with van der Waals surface area (Å²) in [5.41, 5.74) is 4.57. The first-order valence-electron chi connectivity index (χ1n) is 8.42. The van der Waals surface area contributed by atoms with Crippen LogP contribution < -0.4 is 21.1 Å². The number of amides is 1. The van der Waals surface area contributed by atoms with E-state index in [4.69, 9.17) is 0 Å². The van der Waals surface area contributed by atoms with Crippen molar-refractivity contribution in [2.24, 2.45) is 5.92 Å². The third-order valence-electron chi connectivity index (χ3n) is 4.66. The second kappa shape index (κ2) is 5.78. The molecular formula is C20H21N3O. The fourth-order valence-electron chi connectivity index (χ4n) is 3.13. The first-order chi connectivity index (χ1) is 11.6. The van der Waals surface area contributed by atoms with Crippen molar-refractivity contribution in [3.63, 3.8) is 0 Å². The first kappa shape index (κ1) is 14.9. The number of aromatic nitrogens is 1. The molecule has 2 heterocycles. The normalized spacial score (nSPS) is 18.7. The van der Waals surface area contributed by atoms with Crippen LogP contribution in [0.1, 0.15) is 24.1 Å². The van der Waals surface area contributed by atoms with Crippen molar-refractivity contribution in [2.75, 3.05) is 0 Å². The predicted molar refractivity (Wildman–Crippen MR) is 95.1 cm³/mol. The van der Waals surface area contributed by atoms with E-state index in [1.165, 1.54) is 5.56 Å². The number of rotatable bonds is 3. The summed E-state index contributed by atoms with van der Waals surface area (Å²) in [7, 11) is 0. The molecule has 1 saturated carbocycles. The van der Waals surface area contributed by atoms with Crippen LogP contribution in [0.15, 0.2) is 30.5 Å². The Kier molecular flexibility index (Phi) is 3.60. The van der Waals surface area contributed by atoms with E-state index in [9.17, 15) is 4.79 Å². The number of fused-ring (bicyclic) bond motifs is 1. The Morgan fingerprint density at radius 1 is 1.21 bits per heavy atom. The molecule has 4 heteroatoms. The fraction of sp³-hybridized carbons (Fsp3) is 0.300. The van der Waals surface area contributed by atoms with Gasteiger partial charge in [0.05, 0.1) is 0 Å². The van der Waals surface area contributed by atoms with Gasteiger partial charge < -0.3 is 10.6 Å². The number of nitrogens with one attached hydrogen (secondary N) is 2. The summed E-state index contributed by atoms with van der Waals surface area (Å²) in [6.07, 6.45) is 7.90. The monoisotopic (exact) mass is 319 g/mol. The fourth-order valence-corrected chi connectivity index (χ4v) is 3.13. The zero-order valence-electron chi connectivity index (χ0n) is 14.0. The summed E-state index contributed by atoms with van der Waals surface area (Å²) in [5, 5.41) is 8.56. The molecule has 122 valence electrons. The zero-order chi connectivity index (χ0) is 16.7. The van der Waals surface area contributed by atoms with Crippen molar-refractivity contribution in [2.45, 2.75) is 32.9 Å². The van der Waals surface area contributed by atoms with Crippen LogP contribution in [-0.2, 0) is 4.79 Å². The number of aryl methyl sites for hydroxylation is 2. The molecule has 0 radical (unpaired) electrons. The topological polar surface area (TPSA) is 54.0 Å². The predicted octanol–water partition coefficient (Wildman–Crippen LogP) is 1.34. The number of hydrogen-bond donors (Lipinski definition) is 2. The van der Waals surface area contributed by atoms with Crippen molar-refractivity contribution in [1.82, 2.24) is 15.6 Å². The summed E-state index contributed by atoms with van der Waals surface area (Å²) < 4.78 is 0. The smallest absolute Gasteiger partial charge is 0.224 e. The molecule has 1 aromatic heterocycles. The third-order valence-corrected chi connectivity index (χ3v) is 4.66. The quantitative estimate of drug-likeness (QED) is 0.898. The lowest BCUT2D eigenvalue weighted by Crippen LogP contribution is -2.48. The van der Waals surface area contributed by atoms with Gasteiger partial charge in [-0.05, 0) is 66.5 Å². The van der Waals surface area contributed by atoms with Crippen LogP contribution in [-0.4, -0.2) is 17.1 Å². The maximum absolute atomic E-state index is 11.9. The molecule has 1 aliphatic heterocycles. The Morgan fingerprint density at radius 2 is 2.04 bits per heavy atom. The van der Waals surface area contributed by atoms with Crippen LogP contribution in [0.3, 0.4) is 0 Å². The molecule has 1 amide bonds. The summed E-state index contributed by atoms with van der Waals surface area (Å²) in [6, 6.07) is 8.49. The second-order valence-corrected chi connectivity index (χ2v) is 6.72. The first-order valence-corrected chi connectivity index (χ1v) is 8.42. The Morgan fingerprint density at radius 3 is 2.79 bits per heavy atom. The van der Waals surface area contributed by atoms with Gasteiger partial charge in [0.25, 0.3) is 0 Å². The summed E-state index contributed by atoms with van der Waals surface area (Å²) in [6.45, 7) is 4.12. The maximum Gasteiger partial charge on any atom is 0.224 e. The standard InChI is InChI=1S/C20H21N3O/c1-12-7-13(2)21-11-18(12)16-6-5-15-9-19(22-10-17(15)8-16)23-20(24)14-3-4-14/h5-11,14,19,22H,3-4H2,1-2H3,(H,23,24). The van der Waals surface area contributed by atoms with E-state index in [0.717, 1.165) is 40.1 Å². The summed E-state index contributed by atoms with van der Waals surface area (Å²) >= 11 is 0. The van der Waals surface area contributed by atoms with Gasteiger partial charge in [-0.1, -0.05) is 12.1 Å². The minimum absolute atomic E-state index is 0.126. The molecular weight excluding hydrogens is 298 g/mol. The molecule has 1 aliphatic carbocycles. The number of nitrogens with zero attached hydrogens (tertiary/aromatic N) is 1. The van der Waals surface area contributed by atoms with Gasteiger partial charge in [-0.15, -0.1) is 0 Å². The Labute approximate surface area is 141 Å². The highest BCUT2D eigenvalue weighted by molar-refractivity contribution is 5.82. The van der Waals surface area contributed by atoms with Gasteiger partial charge in [-0.25, -0.2) is 0 Å². The van der Waals surface area contributed by atoms with Crippen molar-refractivity contribution in [3.05, 3.63) is 52.2 Å². The van der Waals surface area contributed by atoms with Gasteiger partial charge in [0.15, 0.2) is 0 Å². The van der Waals surface area contributed by atoms with Gasteiger partial charge in [0.2, 0.25) is 5.91 Å². The van der Waals surface area contributed by atoms with Gasteiger partial charge in [-0.3, -0.25) is 9.78 Å². The highest BCUT2D eigenvalue weighted by atomic mass is 16.2. The highest BCUT2D eigenvalue weighted by Crippen LogP contribution is 2.28. The molecule has 0 saturated heterocycles. The lowest BCUT2D eigenvalue weighted by Gasteiger charge is -2.18. The van der Waals surface area contributed by atoms with E-state index < -0.39 is 0 Å². The molecule has 24 heavy (non-hydrogen) atoms. The molecule has 1 aromatic carbocycles. The van der Waals surface area contributed by atoms with Crippen LogP contribution in [0.2, 0.25) is 0 Å². The number of carbonyl (C=O) groups is 1.